The van der Waals surface area contributed by atoms with Crippen LogP contribution in [0.25, 0.3) is 0 Å². The molecule has 150 valence electrons. The molecule has 0 spiro atoms. The van der Waals surface area contributed by atoms with Gasteiger partial charge >= 0.3 is 0 Å². The van der Waals surface area contributed by atoms with Gasteiger partial charge in [0.2, 0.25) is 11.8 Å². The molecule has 1 fully saturated rings. The maximum atomic E-state index is 12.6. The van der Waals surface area contributed by atoms with E-state index >= 15 is 0 Å². The van der Waals surface area contributed by atoms with Crippen LogP contribution in [-0.4, -0.2) is 65.9 Å². The molecular weight excluding hydrogens is 340 g/mol. The summed E-state index contributed by atoms with van der Waals surface area (Å²) in [6.45, 7) is 13.6. The molecule has 6 nitrogen and oxygen atoms in total. The number of piperazine rings is 1. The monoisotopic (exact) mass is 374 g/mol. The largest absolute Gasteiger partial charge is 0.350 e. The predicted octanol–water partition coefficient (Wildman–Crippen LogP) is 2.11. The summed E-state index contributed by atoms with van der Waals surface area (Å²) in [6, 6.07) is 7.80. The van der Waals surface area contributed by atoms with Gasteiger partial charge in [-0.05, 0) is 51.8 Å². The molecule has 1 aliphatic rings. The molecule has 1 heterocycles. The van der Waals surface area contributed by atoms with Crippen LogP contribution < -0.4 is 10.6 Å². The van der Waals surface area contributed by atoms with E-state index in [1.165, 1.54) is 5.56 Å². The number of carbonyl (C=O) groups is 2. The molecule has 1 aromatic carbocycles. The first kappa shape index (κ1) is 21.4. The zero-order valence-corrected chi connectivity index (χ0v) is 17.3. The number of amides is 2. The highest BCUT2D eigenvalue weighted by atomic mass is 16.2. The van der Waals surface area contributed by atoms with Gasteiger partial charge in [0.05, 0.1) is 12.6 Å². The topological polar surface area (TPSA) is 64.7 Å². The highest BCUT2D eigenvalue weighted by Crippen LogP contribution is 2.13. The molecule has 2 N–H and O–H groups in total. The Morgan fingerprint density at radius 3 is 2.19 bits per heavy atom. The minimum atomic E-state index is -0.208. The number of rotatable bonds is 6. The van der Waals surface area contributed by atoms with Crippen LogP contribution in [0.3, 0.4) is 0 Å². The second-order valence-electron chi connectivity index (χ2n) is 8.33. The summed E-state index contributed by atoms with van der Waals surface area (Å²) in [5, 5.41) is 6.00. The summed E-state index contributed by atoms with van der Waals surface area (Å²) in [5.74, 6) is 0.0652. The number of hydrogen-bond acceptors (Lipinski definition) is 4. The van der Waals surface area contributed by atoms with Crippen LogP contribution in [0, 0.1) is 0 Å². The van der Waals surface area contributed by atoms with Crippen molar-refractivity contribution in [3.05, 3.63) is 29.8 Å². The first-order valence-corrected chi connectivity index (χ1v) is 9.85. The Labute approximate surface area is 163 Å². The van der Waals surface area contributed by atoms with E-state index < -0.39 is 0 Å². The molecule has 0 aliphatic carbocycles. The summed E-state index contributed by atoms with van der Waals surface area (Å²) < 4.78 is 0. The minimum Gasteiger partial charge on any atom is -0.350 e. The maximum absolute atomic E-state index is 12.6. The number of benzene rings is 1. The summed E-state index contributed by atoms with van der Waals surface area (Å²) in [7, 11) is 0. The van der Waals surface area contributed by atoms with Crippen LogP contribution >= 0.6 is 0 Å². The molecule has 2 amide bonds. The van der Waals surface area contributed by atoms with Gasteiger partial charge in [0.1, 0.15) is 0 Å². The molecular formula is C21H34N4O2. The Hall–Kier alpha value is -1.92. The average Bonchev–Trinajstić information content (AvgIpc) is 2.60. The number of anilines is 1. The van der Waals surface area contributed by atoms with Gasteiger partial charge in [0.25, 0.3) is 0 Å². The van der Waals surface area contributed by atoms with E-state index in [1.807, 2.05) is 52.0 Å². The molecule has 0 saturated carbocycles. The number of aryl methyl sites for hydroxylation is 1. The quantitative estimate of drug-likeness (QED) is 0.800. The van der Waals surface area contributed by atoms with Gasteiger partial charge in [-0.3, -0.25) is 19.4 Å². The summed E-state index contributed by atoms with van der Waals surface area (Å²) >= 11 is 0. The van der Waals surface area contributed by atoms with Crippen LogP contribution in [-0.2, 0) is 16.0 Å². The van der Waals surface area contributed by atoms with Crippen LogP contribution in [0.1, 0.15) is 40.2 Å². The fourth-order valence-electron chi connectivity index (χ4n) is 3.21. The van der Waals surface area contributed by atoms with Crippen LogP contribution in [0.15, 0.2) is 24.3 Å². The zero-order chi connectivity index (χ0) is 20.0. The number of carbonyl (C=O) groups excluding carboxylic acids is 2. The molecule has 6 heteroatoms. The smallest absolute Gasteiger partial charge is 0.241 e. The summed E-state index contributed by atoms with van der Waals surface area (Å²) in [6.07, 6.45) is 0.989. The third kappa shape index (κ3) is 6.96. The molecule has 0 aromatic heterocycles. The van der Waals surface area contributed by atoms with Gasteiger partial charge in [-0.25, -0.2) is 0 Å². The normalized spacial score (nSPS) is 17.4. The second-order valence-corrected chi connectivity index (χ2v) is 8.33. The van der Waals surface area contributed by atoms with Crippen molar-refractivity contribution < 1.29 is 9.59 Å². The van der Waals surface area contributed by atoms with Crippen molar-refractivity contribution in [3.8, 4) is 0 Å². The lowest BCUT2D eigenvalue weighted by molar-refractivity contribution is -0.125. The van der Waals surface area contributed by atoms with Crippen LogP contribution in [0.2, 0.25) is 0 Å². The zero-order valence-electron chi connectivity index (χ0n) is 17.3. The van der Waals surface area contributed by atoms with E-state index in [0.29, 0.717) is 6.54 Å². The van der Waals surface area contributed by atoms with E-state index in [4.69, 9.17) is 0 Å². The van der Waals surface area contributed by atoms with Crippen LogP contribution in [0.5, 0.6) is 0 Å². The van der Waals surface area contributed by atoms with Gasteiger partial charge in [0, 0.05) is 37.4 Å². The summed E-state index contributed by atoms with van der Waals surface area (Å²) in [5.41, 5.74) is 1.88. The molecule has 1 aliphatic heterocycles. The maximum Gasteiger partial charge on any atom is 0.241 e. The fourth-order valence-corrected chi connectivity index (χ4v) is 3.21. The van der Waals surface area contributed by atoms with Gasteiger partial charge in [-0.15, -0.1) is 0 Å². The van der Waals surface area contributed by atoms with Crippen molar-refractivity contribution in [1.29, 1.82) is 0 Å². The highest BCUT2D eigenvalue weighted by Gasteiger charge is 2.27. The first-order chi connectivity index (χ1) is 12.7. The lowest BCUT2D eigenvalue weighted by atomic mass is 10.1. The van der Waals surface area contributed by atoms with Crippen molar-refractivity contribution in [2.45, 2.75) is 52.6 Å². The Morgan fingerprint density at radius 2 is 1.67 bits per heavy atom. The van der Waals surface area contributed by atoms with Crippen molar-refractivity contribution in [3.63, 3.8) is 0 Å². The average molecular weight is 375 g/mol. The van der Waals surface area contributed by atoms with Gasteiger partial charge in [-0.2, -0.15) is 0 Å². The molecule has 0 unspecified atom stereocenters. The van der Waals surface area contributed by atoms with Crippen molar-refractivity contribution in [2.75, 3.05) is 38.0 Å². The Morgan fingerprint density at radius 1 is 1.07 bits per heavy atom. The van der Waals surface area contributed by atoms with Crippen molar-refractivity contribution in [2.24, 2.45) is 0 Å². The lowest BCUT2D eigenvalue weighted by Gasteiger charge is -2.37. The van der Waals surface area contributed by atoms with Gasteiger partial charge < -0.3 is 10.6 Å². The first-order valence-electron chi connectivity index (χ1n) is 9.85. The third-order valence-corrected chi connectivity index (χ3v) is 4.85. The molecule has 2 rings (SSSR count). The fraction of sp³-hybridized carbons (Fsp3) is 0.619. The Balaban J connectivity index is 1.78. The molecule has 1 atom stereocenters. The van der Waals surface area contributed by atoms with E-state index in [0.717, 1.165) is 38.3 Å². The predicted molar refractivity (Wildman–Crippen MR) is 110 cm³/mol. The Kier molecular flexibility index (Phi) is 7.39. The molecule has 27 heavy (non-hydrogen) atoms. The van der Waals surface area contributed by atoms with E-state index in [2.05, 4.69) is 27.4 Å². The lowest BCUT2D eigenvalue weighted by Crippen LogP contribution is -2.55. The standard InChI is InChI=1S/C21H34N4O2/c1-6-17-7-9-18(10-8-17)22-20(27)16(2)25-13-11-24(12-14-25)15-19(26)23-21(3,4)5/h7-10,16H,6,11-15H2,1-5H3,(H,22,27)(H,23,26)/t16-/m0/s1. The number of nitrogens with zero attached hydrogens (tertiary/aromatic N) is 2. The second kappa shape index (κ2) is 9.33. The van der Waals surface area contributed by atoms with E-state index in [9.17, 15) is 9.59 Å². The molecule has 0 radical (unpaired) electrons. The summed E-state index contributed by atoms with van der Waals surface area (Å²) in [4.78, 5) is 28.9. The third-order valence-electron chi connectivity index (χ3n) is 4.85. The van der Waals surface area contributed by atoms with Crippen molar-refractivity contribution in [1.82, 2.24) is 15.1 Å². The van der Waals surface area contributed by atoms with Crippen LogP contribution in [0.4, 0.5) is 5.69 Å². The molecule has 1 saturated heterocycles. The van der Waals surface area contributed by atoms with Gasteiger partial charge in [0.15, 0.2) is 0 Å². The molecule has 1 aromatic rings. The van der Waals surface area contributed by atoms with Crippen molar-refractivity contribution >= 4 is 17.5 Å². The van der Waals surface area contributed by atoms with E-state index in [-0.39, 0.29) is 23.4 Å². The molecule has 0 bridgehead atoms. The van der Waals surface area contributed by atoms with Gasteiger partial charge in [-0.1, -0.05) is 19.1 Å². The van der Waals surface area contributed by atoms with E-state index in [1.54, 1.807) is 0 Å². The minimum absolute atomic E-state index is 0.0122. The Bertz CT molecular complexity index is 629. The highest BCUT2D eigenvalue weighted by molar-refractivity contribution is 5.94. The number of hydrogen-bond donors (Lipinski definition) is 2. The SMILES string of the molecule is CCc1ccc(NC(=O)[C@H](C)N2CCN(CC(=O)NC(C)(C)C)CC2)cc1. The number of nitrogens with one attached hydrogen (secondary N) is 2.